The van der Waals surface area contributed by atoms with Crippen molar-refractivity contribution in [1.29, 1.82) is 0 Å². The highest BCUT2D eigenvalue weighted by molar-refractivity contribution is 5.53. The summed E-state index contributed by atoms with van der Waals surface area (Å²) in [6.45, 7) is 1.22. The molecule has 0 heterocycles. The summed E-state index contributed by atoms with van der Waals surface area (Å²) in [5.74, 6) is 0.285. The first kappa shape index (κ1) is 12.3. The Bertz CT molecular complexity index is 391. The van der Waals surface area contributed by atoms with Gasteiger partial charge in [-0.15, -0.1) is 0 Å². The fourth-order valence-electron chi connectivity index (χ4n) is 2.43. The Morgan fingerprint density at radius 2 is 2.18 bits per heavy atom. The molecule has 0 radical (unpaired) electrons. The molecule has 1 aliphatic carbocycles. The second kappa shape index (κ2) is 5.02. The van der Waals surface area contributed by atoms with E-state index in [4.69, 9.17) is 5.73 Å². The van der Waals surface area contributed by atoms with Crippen LogP contribution < -0.4 is 10.6 Å². The molecule has 1 aromatic rings. The molecule has 94 valence electrons. The number of aliphatic hydroxyl groups excluding tert-OH is 1. The smallest absolute Gasteiger partial charge is 0.123 e. The second-order valence-electron chi connectivity index (χ2n) is 4.85. The molecular formula is C13H19FN2O. The highest BCUT2D eigenvalue weighted by Gasteiger charge is 2.28. The lowest BCUT2D eigenvalue weighted by Crippen LogP contribution is -2.37. The summed E-state index contributed by atoms with van der Waals surface area (Å²) < 4.78 is 13.1. The van der Waals surface area contributed by atoms with E-state index in [0.29, 0.717) is 12.5 Å². The van der Waals surface area contributed by atoms with Crippen molar-refractivity contribution in [2.45, 2.75) is 25.5 Å². The number of hydrogen-bond acceptors (Lipinski definition) is 3. The molecule has 0 aromatic heterocycles. The minimum absolute atomic E-state index is 0.129. The molecule has 0 saturated heterocycles. The molecule has 1 aromatic carbocycles. The first-order valence-corrected chi connectivity index (χ1v) is 5.98. The van der Waals surface area contributed by atoms with Crippen molar-refractivity contribution in [2.75, 3.05) is 18.5 Å². The van der Waals surface area contributed by atoms with Crippen LogP contribution in [-0.4, -0.2) is 24.8 Å². The van der Waals surface area contributed by atoms with E-state index in [0.717, 1.165) is 30.6 Å². The molecule has 1 fully saturated rings. The van der Waals surface area contributed by atoms with Gasteiger partial charge in [-0.1, -0.05) is 0 Å². The SMILES string of the molecule is CN(CC1CC(O)C1)c1ccc(F)cc1CN. The minimum atomic E-state index is -0.248. The third kappa shape index (κ3) is 2.76. The van der Waals surface area contributed by atoms with Crippen molar-refractivity contribution < 1.29 is 9.50 Å². The van der Waals surface area contributed by atoms with Crippen LogP contribution in [0, 0.1) is 11.7 Å². The van der Waals surface area contributed by atoms with Gasteiger partial charge in [-0.3, -0.25) is 0 Å². The topological polar surface area (TPSA) is 49.5 Å². The molecule has 2 rings (SSSR count). The lowest BCUT2D eigenvalue weighted by atomic mass is 9.82. The average molecular weight is 238 g/mol. The van der Waals surface area contributed by atoms with Crippen LogP contribution in [0.4, 0.5) is 10.1 Å². The maximum absolute atomic E-state index is 13.1. The Hall–Kier alpha value is -1.13. The van der Waals surface area contributed by atoms with Crippen molar-refractivity contribution in [1.82, 2.24) is 0 Å². The number of halogens is 1. The average Bonchev–Trinajstić information content (AvgIpc) is 2.26. The molecule has 0 atom stereocenters. The predicted molar refractivity (Wildman–Crippen MR) is 66.3 cm³/mol. The zero-order chi connectivity index (χ0) is 12.4. The molecule has 17 heavy (non-hydrogen) atoms. The summed E-state index contributed by atoms with van der Waals surface area (Å²) in [7, 11) is 1.98. The number of anilines is 1. The quantitative estimate of drug-likeness (QED) is 0.835. The lowest BCUT2D eigenvalue weighted by Gasteiger charge is -2.35. The highest BCUT2D eigenvalue weighted by Crippen LogP contribution is 2.30. The van der Waals surface area contributed by atoms with Gasteiger partial charge >= 0.3 is 0 Å². The van der Waals surface area contributed by atoms with Gasteiger partial charge in [0.05, 0.1) is 6.10 Å². The van der Waals surface area contributed by atoms with Crippen LogP contribution in [0.2, 0.25) is 0 Å². The molecule has 4 heteroatoms. The van der Waals surface area contributed by atoms with Gasteiger partial charge in [0.25, 0.3) is 0 Å². The summed E-state index contributed by atoms with van der Waals surface area (Å²) in [5.41, 5.74) is 7.43. The standard InChI is InChI=1S/C13H19FN2O/c1-16(8-9-4-12(17)5-9)13-3-2-11(14)6-10(13)7-15/h2-3,6,9,12,17H,4-5,7-8,15H2,1H3. The van der Waals surface area contributed by atoms with E-state index in [1.54, 1.807) is 6.07 Å². The van der Waals surface area contributed by atoms with E-state index < -0.39 is 0 Å². The zero-order valence-corrected chi connectivity index (χ0v) is 10.1. The molecule has 0 aliphatic heterocycles. The molecule has 0 spiro atoms. The van der Waals surface area contributed by atoms with Gasteiger partial charge in [0, 0.05) is 25.8 Å². The maximum Gasteiger partial charge on any atom is 0.123 e. The maximum atomic E-state index is 13.1. The number of nitrogens with two attached hydrogens (primary N) is 1. The van der Waals surface area contributed by atoms with Crippen molar-refractivity contribution in [2.24, 2.45) is 11.7 Å². The van der Waals surface area contributed by atoms with Crippen LogP contribution in [0.1, 0.15) is 18.4 Å². The van der Waals surface area contributed by atoms with E-state index in [1.165, 1.54) is 12.1 Å². The van der Waals surface area contributed by atoms with Crippen LogP contribution >= 0.6 is 0 Å². The van der Waals surface area contributed by atoms with Crippen LogP contribution in [0.15, 0.2) is 18.2 Å². The van der Waals surface area contributed by atoms with Gasteiger partial charge in [0.15, 0.2) is 0 Å². The number of aliphatic hydroxyl groups is 1. The van der Waals surface area contributed by atoms with Crippen LogP contribution in [0.3, 0.4) is 0 Å². The largest absolute Gasteiger partial charge is 0.393 e. The van der Waals surface area contributed by atoms with E-state index in [2.05, 4.69) is 4.90 Å². The fourth-order valence-corrected chi connectivity index (χ4v) is 2.43. The summed E-state index contributed by atoms with van der Waals surface area (Å²) in [6.07, 6.45) is 1.60. The van der Waals surface area contributed by atoms with Gasteiger partial charge < -0.3 is 15.7 Å². The first-order chi connectivity index (χ1) is 8.10. The molecule has 0 unspecified atom stereocenters. The van der Waals surface area contributed by atoms with Gasteiger partial charge in [0.2, 0.25) is 0 Å². The Labute approximate surface area is 101 Å². The molecule has 3 N–H and O–H groups in total. The first-order valence-electron chi connectivity index (χ1n) is 5.98. The monoisotopic (exact) mass is 238 g/mol. The Morgan fingerprint density at radius 1 is 1.47 bits per heavy atom. The Balaban J connectivity index is 2.05. The number of benzene rings is 1. The van der Waals surface area contributed by atoms with E-state index in [1.807, 2.05) is 7.05 Å². The molecular weight excluding hydrogens is 219 g/mol. The van der Waals surface area contributed by atoms with Gasteiger partial charge in [-0.2, -0.15) is 0 Å². The molecule has 1 aliphatic rings. The van der Waals surface area contributed by atoms with Crippen molar-refractivity contribution in [3.63, 3.8) is 0 Å². The molecule has 3 nitrogen and oxygen atoms in total. The molecule has 0 amide bonds. The van der Waals surface area contributed by atoms with Crippen molar-refractivity contribution in [3.8, 4) is 0 Å². The summed E-state index contributed by atoms with van der Waals surface area (Å²) in [6, 6.07) is 4.72. The third-order valence-electron chi connectivity index (χ3n) is 3.42. The number of rotatable bonds is 4. The second-order valence-corrected chi connectivity index (χ2v) is 4.85. The number of hydrogen-bond donors (Lipinski definition) is 2. The highest BCUT2D eigenvalue weighted by atomic mass is 19.1. The minimum Gasteiger partial charge on any atom is -0.393 e. The number of nitrogens with zero attached hydrogens (tertiary/aromatic N) is 1. The van der Waals surface area contributed by atoms with E-state index in [-0.39, 0.29) is 11.9 Å². The van der Waals surface area contributed by atoms with Crippen LogP contribution in [0.25, 0.3) is 0 Å². The fraction of sp³-hybridized carbons (Fsp3) is 0.538. The normalized spacial score (nSPS) is 23.3. The van der Waals surface area contributed by atoms with Crippen LogP contribution in [0.5, 0.6) is 0 Å². The summed E-state index contributed by atoms with van der Waals surface area (Å²) in [4.78, 5) is 2.10. The van der Waals surface area contributed by atoms with E-state index in [9.17, 15) is 9.50 Å². The Morgan fingerprint density at radius 3 is 2.76 bits per heavy atom. The molecule has 0 bridgehead atoms. The summed E-state index contributed by atoms with van der Waals surface area (Å²) >= 11 is 0. The van der Waals surface area contributed by atoms with Gasteiger partial charge in [-0.05, 0) is 42.5 Å². The lowest BCUT2D eigenvalue weighted by molar-refractivity contribution is 0.0464. The third-order valence-corrected chi connectivity index (χ3v) is 3.42. The summed E-state index contributed by atoms with van der Waals surface area (Å²) in [5, 5.41) is 9.25. The van der Waals surface area contributed by atoms with Crippen LogP contribution in [-0.2, 0) is 6.54 Å². The van der Waals surface area contributed by atoms with E-state index >= 15 is 0 Å². The van der Waals surface area contributed by atoms with Crippen molar-refractivity contribution in [3.05, 3.63) is 29.6 Å². The molecule has 1 saturated carbocycles. The van der Waals surface area contributed by atoms with Crippen molar-refractivity contribution >= 4 is 5.69 Å². The predicted octanol–water partition coefficient (Wildman–Crippen LogP) is 1.49. The van der Waals surface area contributed by atoms with Gasteiger partial charge in [0.1, 0.15) is 5.82 Å². The zero-order valence-electron chi connectivity index (χ0n) is 10.1. The van der Waals surface area contributed by atoms with Gasteiger partial charge in [-0.25, -0.2) is 4.39 Å². The Kier molecular flexibility index (Phi) is 3.64.